The molecule has 0 unspecified atom stereocenters. The molecule has 2 aliphatic heterocycles. The number of anilines is 1. The van der Waals surface area contributed by atoms with Crippen LogP contribution >= 0.6 is 11.6 Å². The Morgan fingerprint density at radius 1 is 1.15 bits per heavy atom. The fraction of sp³-hybridized carbons (Fsp3) is 0.571. The maximum atomic E-state index is 13.2. The van der Waals surface area contributed by atoms with Gasteiger partial charge in [-0.15, -0.1) is 0 Å². The third-order valence-electron chi connectivity index (χ3n) is 6.72. The quantitative estimate of drug-likeness (QED) is 0.550. The molecule has 5 rings (SSSR count). The van der Waals surface area contributed by atoms with Crippen molar-refractivity contribution in [1.82, 2.24) is 14.5 Å². The van der Waals surface area contributed by atoms with Crippen LogP contribution < -0.4 is 10.6 Å². The molecule has 4 fully saturated rings. The SMILES string of the molecule is O=C(CN1C(=O)NC(C2CC2)(C2CC2)C1=O)Nc1cc(S(=O)(=O)N2CCOCC2)ccc1Cl. The Kier molecular flexibility index (Phi) is 5.63. The van der Waals surface area contributed by atoms with E-state index in [0.29, 0.717) is 13.2 Å². The van der Waals surface area contributed by atoms with Crippen LogP contribution in [0.4, 0.5) is 10.5 Å². The van der Waals surface area contributed by atoms with Gasteiger partial charge in [0.1, 0.15) is 12.1 Å². The molecule has 0 aromatic heterocycles. The fourth-order valence-electron chi connectivity index (χ4n) is 4.75. The second-order valence-corrected chi connectivity index (χ2v) is 11.3. The van der Waals surface area contributed by atoms with E-state index in [4.69, 9.17) is 16.3 Å². The van der Waals surface area contributed by atoms with Gasteiger partial charge in [-0.25, -0.2) is 13.2 Å². The average molecular weight is 497 g/mol. The molecule has 33 heavy (non-hydrogen) atoms. The van der Waals surface area contributed by atoms with E-state index in [0.717, 1.165) is 30.6 Å². The number of carbonyl (C=O) groups excluding carboxylic acids is 3. The van der Waals surface area contributed by atoms with Crippen molar-refractivity contribution in [2.24, 2.45) is 11.8 Å². The largest absolute Gasteiger partial charge is 0.379 e. The standard InChI is InChI=1S/C21H25ClN4O6S/c22-16-6-5-15(33(30,31)25-7-9-32-10-8-25)11-17(16)23-18(27)12-26-19(28)21(13-1-2-13,14-3-4-14)24-20(26)29/h5-6,11,13-14H,1-4,7-10,12H2,(H,23,27)(H,24,29). The highest BCUT2D eigenvalue weighted by atomic mass is 35.5. The van der Waals surface area contributed by atoms with Crippen LogP contribution in [0.3, 0.4) is 0 Å². The van der Waals surface area contributed by atoms with Crippen LogP contribution in [0.25, 0.3) is 0 Å². The first-order valence-electron chi connectivity index (χ1n) is 11.0. The van der Waals surface area contributed by atoms with Gasteiger partial charge in [0.15, 0.2) is 0 Å². The summed E-state index contributed by atoms with van der Waals surface area (Å²) in [6.07, 6.45) is 3.57. The summed E-state index contributed by atoms with van der Waals surface area (Å²) in [7, 11) is -3.78. The Bertz CT molecular complexity index is 1100. The van der Waals surface area contributed by atoms with Crippen LogP contribution in [-0.2, 0) is 24.3 Å². The molecule has 2 N–H and O–H groups in total. The van der Waals surface area contributed by atoms with E-state index < -0.39 is 34.0 Å². The molecule has 0 radical (unpaired) electrons. The number of hydrogen-bond acceptors (Lipinski definition) is 6. The minimum absolute atomic E-state index is 0.0134. The van der Waals surface area contributed by atoms with E-state index in [1.807, 2.05) is 0 Å². The van der Waals surface area contributed by atoms with E-state index >= 15 is 0 Å². The van der Waals surface area contributed by atoms with Gasteiger partial charge in [0, 0.05) is 13.1 Å². The third-order valence-corrected chi connectivity index (χ3v) is 8.95. The predicted octanol–water partition coefficient (Wildman–Crippen LogP) is 1.41. The van der Waals surface area contributed by atoms with Crippen LogP contribution in [0.2, 0.25) is 5.02 Å². The summed E-state index contributed by atoms with van der Waals surface area (Å²) in [6.45, 7) is 0.630. The molecule has 0 bridgehead atoms. The van der Waals surface area contributed by atoms with E-state index in [1.54, 1.807) is 0 Å². The van der Waals surface area contributed by atoms with Gasteiger partial charge in [-0.2, -0.15) is 4.31 Å². The normalized spacial score (nSPS) is 23.5. The lowest BCUT2D eigenvalue weighted by molar-refractivity contribution is -0.135. The highest BCUT2D eigenvalue weighted by Gasteiger charge is 2.65. The van der Waals surface area contributed by atoms with Gasteiger partial charge in [0.2, 0.25) is 15.9 Å². The Hall–Kier alpha value is -2.21. The van der Waals surface area contributed by atoms with Crippen LogP contribution in [0.15, 0.2) is 23.1 Å². The van der Waals surface area contributed by atoms with Crippen molar-refractivity contribution >= 4 is 45.2 Å². The van der Waals surface area contributed by atoms with Gasteiger partial charge in [-0.05, 0) is 55.7 Å². The number of benzene rings is 1. The number of morpholine rings is 1. The second-order valence-electron chi connectivity index (χ2n) is 8.95. The van der Waals surface area contributed by atoms with Crippen molar-refractivity contribution in [3.8, 4) is 0 Å². The average Bonchev–Trinajstić information content (AvgIpc) is 3.70. The van der Waals surface area contributed by atoms with Crippen molar-refractivity contribution in [2.75, 3.05) is 38.2 Å². The number of nitrogens with one attached hydrogen (secondary N) is 2. The van der Waals surface area contributed by atoms with Crippen LogP contribution in [-0.4, -0.2) is 73.9 Å². The summed E-state index contributed by atoms with van der Waals surface area (Å²) in [6, 6.07) is 3.49. The number of carbonyl (C=O) groups is 3. The maximum Gasteiger partial charge on any atom is 0.325 e. The molecule has 4 amide bonds. The summed E-state index contributed by atoms with van der Waals surface area (Å²) in [4.78, 5) is 39.4. The Balaban J connectivity index is 1.30. The zero-order valence-corrected chi connectivity index (χ0v) is 19.5. The number of amides is 4. The summed E-state index contributed by atoms with van der Waals surface area (Å²) < 4.78 is 32.4. The summed E-state index contributed by atoms with van der Waals surface area (Å²) in [5.74, 6) is -0.719. The summed E-state index contributed by atoms with van der Waals surface area (Å²) in [5.41, 5.74) is -0.778. The Labute approximate surface area is 196 Å². The minimum atomic E-state index is -3.78. The number of rotatable bonds is 7. The van der Waals surface area contributed by atoms with E-state index in [1.165, 1.54) is 22.5 Å². The van der Waals surface area contributed by atoms with E-state index in [-0.39, 0.29) is 46.4 Å². The summed E-state index contributed by atoms with van der Waals surface area (Å²) >= 11 is 6.19. The number of sulfonamides is 1. The molecular formula is C21H25ClN4O6S. The maximum absolute atomic E-state index is 13.2. The van der Waals surface area contributed by atoms with Crippen LogP contribution in [0.1, 0.15) is 25.7 Å². The van der Waals surface area contributed by atoms with Crippen LogP contribution in [0.5, 0.6) is 0 Å². The molecule has 1 aromatic rings. The number of hydrogen-bond donors (Lipinski definition) is 2. The highest BCUT2D eigenvalue weighted by Crippen LogP contribution is 2.54. The lowest BCUT2D eigenvalue weighted by Crippen LogP contribution is -2.51. The molecule has 0 atom stereocenters. The van der Waals surface area contributed by atoms with Gasteiger partial charge in [0.25, 0.3) is 5.91 Å². The number of ether oxygens (including phenoxy) is 1. The van der Waals surface area contributed by atoms with Crippen molar-refractivity contribution in [3.05, 3.63) is 23.2 Å². The molecule has 10 nitrogen and oxygen atoms in total. The van der Waals surface area contributed by atoms with E-state index in [9.17, 15) is 22.8 Å². The first-order chi connectivity index (χ1) is 15.7. The molecule has 2 heterocycles. The monoisotopic (exact) mass is 496 g/mol. The molecule has 2 saturated carbocycles. The van der Waals surface area contributed by atoms with Crippen molar-refractivity contribution in [3.63, 3.8) is 0 Å². The topological polar surface area (TPSA) is 125 Å². The van der Waals surface area contributed by atoms with Gasteiger partial charge in [0.05, 0.1) is 28.8 Å². The Morgan fingerprint density at radius 2 is 1.79 bits per heavy atom. The molecule has 2 aliphatic carbocycles. The van der Waals surface area contributed by atoms with Crippen molar-refractivity contribution < 1.29 is 27.5 Å². The molecule has 2 saturated heterocycles. The zero-order chi connectivity index (χ0) is 23.4. The minimum Gasteiger partial charge on any atom is -0.379 e. The van der Waals surface area contributed by atoms with E-state index in [2.05, 4.69) is 10.6 Å². The lowest BCUT2D eigenvalue weighted by atomic mass is 9.87. The lowest BCUT2D eigenvalue weighted by Gasteiger charge is -2.26. The molecular weight excluding hydrogens is 472 g/mol. The molecule has 12 heteroatoms. The molecule has 4 aliphatic rings. The van der Waals surface area contributed by atoms with Gasteiger partial charge < -0.3 is 15.4 Å². The predicted molar refractivity (Wildman–Crippen MR) is 118 cm³/mol. The first kappa shape index (κ1) is 22.6. The fourth-order valence-corrected chi connectivity index (χ4v) is 6.35. The third kappa shape index (κ3) is 4.01. The number of nitrogens with zero attached hydrogens (tertiary/aromatic N) is 2. The molecule has 1 aromatic carbocycles. The van der Waals surface area contributed by atoms with Crippen molar-refractivity contribution in [2.45, 2.75) is 36.1 Å². The van der Waals surface area contributed by atoms with Gasteiger partial charge in [-0.1, -0.05) is 11.6 Å². The molecule has 178 valence electrons. The van der Waals surface area contributed by atoms with Gasteiger partial charge >= 0.3 is 6.03 Å². The number of imide groups is 1. The summed E-state index contributed by atoms with van der Waals surface area (Å²) in [5, 5.41) is 5.58. The zero-order valence-electron chi connectivity index (χ0n) is 17.9. The van der Waals surface area contributed by atoms with Gasteiger partial charge in [-0.3, -0.25) is 14.5 Å². The number of halogens is 1. The van der Waals surface area contributed by atoms with Crippen LogP contribution in [0, 0.1) is 11.8 Å². The molecule has 0 spiro atoms. The number of urea groups is 1. The van der Waals surface area contributed by atoms with Crippen molar-refractivity contribution in [1.29, 1.82) is 0 Å². The first-order valence-corrected chi connectivity index (χ1v) is 12.9. The second kappa shape index (κ2) is 8.23. The smallest absolute Gasteiger partial charge is 0.325 e. The Morgan fingerprint density at radius 3 is 2.39 bits per heavy atom. The highest BCUT2D eigenvalue weighted by molar-refractivity contribution is 7.89.